The van der Waals surface area contributed by atoms with Crippen LogP contribution in [-0.2, 0) is 25.4 Å². The van der Waals surface area contributed by atoms with Crippen LogP contribution in [0.15, 0.2) is 18.2 Å². The minimum absolute atomic E-state index is 0.0435. The van der Waals surface area contributed by atoms with Crippen molar-refractivity contribution >= 4 is 17.3 Å². The van der Waals surface area contributed by atoms with Gasteiger partial charge < -0.3 is 70.2 Å². The van der Waals surface area contributed by atoms with Crippen LogP contribution in [-0.4, -0.2) is 144 Å². The predicted octanol–water partition coefficient (Wildman–Crippen LogP) is -2.57. The minimum Gasteiger partial charge on any atom is -0.507 e. The zero-order valence-electron chi connectivity index (χ0n) is 27.0. The number of Topliss-reactive ketones (excluding diaryl/α,β-unsaturated/α-hetero) is 1. The van der Waals surface area contributed by atoms with E-state index in [1.165, 1.54) is 32.2 Å². The van der Waals surface area contributed by atoms with Crippen LogP contribution in [0.25, 0.3) is 0 Å². The van der Waals surface area contributed by atoms with Gasteiger partial charge in [0.2, 0.25) is 11.6 Å². The van der Waals surface area contributed by atoms with Crippen molar-refractivity contribution in [2.45, 2.75) is 86.5 Å². The van der Waals surface area contributed by atoms with Crippen LogP contribution in [0.4, 0.5) is 0 Å². The van der Waals surface area contributed by atoms with Crippen molar-refractivity contribution < 1.29 is 79.3 Å². The molecule has 0 spiro atoms. The fraction of sp³-hybridized carbons (Fsp3) is 0.545. The minimum atomic E-state index is -2.37. The van der Waals surface area contributed by atoms with Gasteiger partial charge in [-0.1, -0.05) is 12.1 Å². The Morgan fingerprint density at radius 1 is 1.02 bits per heavy atom. The number of carbonyl (C=O) groups excluding carboxylic acids is 3. The van der Waals surface area contributed by atoms with E-state index < -0.39 is 133 Å². The van der Waals surface area contributed by atoms with Gasteiger partial charge in [-0.2, -0.15) is 0 Å². The fourth-order valence-corrected chi connectivity index (χ4v) is 7.24. The Kier molecular flexibility index (Phi) is 9.55. The molecule has 10 N–H and O–H groups in total. The van der Waals surface area contributed by atoms with Crippen LogP contribution in [0.2, 0.25) is 0 Å². The molecular weight excluding hydrogens is 666 g/mol. The van der Waals surface area contributed by atoms with Gasteiger partial charge in [-0.05, 0) is 13.0 Å². The summed E-state index contributed by atoms with van der Waals surface area (Å²) in [7, 11) is 1.29. The number of methoxy groups -OCH3 is 1. The topological polar surface area (TPSA) is 282 Å². The molecule has 2 aliphatic heterocycles. The van der Waals surface area contributed by atoms with Crippen molar-refractivity contribution in [3.8, 4) is 17.2 Å². The van der Waals surface area contributed by atoms with Crippen LogP contribution in [0.5, 0.6) is 17.2 Å². The van der Waals surface area contributed by atoms with Gasteiger partial charge in [0, 0.05) is 42.0 Å². The molecule has 50 heavy (non-hydrogen) atoms. The largest absolute Gasteiger partial charge is 0.507 e. The normalized spacial score (nSPS) is 35.2. The molecule has 2 aliphatic carbocycles. The van der Waals surface area contributed by atoms with E-state index >= 15 is 0 Å². The van der Waals surface area contributed by atoms with Crippen LogP contribution < -0.4 is 10.1 Å². The summed E-state index contributed by atoms with van der Waals surface area (Å²) in [5.41, 5.74) is -4.22. The molecule has 4 aliphatic rings. The molecule has 2 aromatic carbocycles. The summed E-state index contributed by atoms with van der Waals surface area (Å²) in [6.07, 6.45) is -11.5. The van der Waals surface area contributed by atoms with Crippen molar-refractivity contribution in [3.63, 3.8) is 0 Å². The van der Waals surface area contributed by atoms with E-state index in [2.05, 4.69) is 5.32 Å². The fourth-order valence-electron chi connectivity index (χ4n) is 7.24. The van der Waals surface area contributed by atoms with Gasteiger partial charge in [0.1, 0.15) is 47.8 Å². The van der Waals surface area contributed by atoms with Crippen molar-refractivity contribution in [2.75, 3.05) is 26.9 Å². The van der Waals surface area contributed by atoms with Gasteiger partial charge >= 0.3 is 0 Å². The Morgan fingerprint density at radius 3 is 2.40 bits per heavy atom. The summed E-state index contributed by atoms with van der Waals surface area (Å²) >= 11 is 0. The molecule has 10 atom stereocenters. The number of fused-ring (bicyclic) bond motifs is 3. The lowest BCUT2D eigenvalue weighted by Gasteiger charge is -2.45. The highest BCUT2D eigenvalue weighted by Gasteiger charge is 2.52. The molecule has 2 aromatic rings. The van der Waals surface area contributed by atoms with E-state index in [0.717, 1.165) is 0 Å². The second kappa shape index (κ2) is 13.2. The zero-order valence-corrected chi connectivity index (χ0v) is 27.0. The number of aliphatic hydroxyl groups is 7. The standard InChI is InChI=1S/C33H39NO16/c1-12-25(38)15(34-11-33(46)31(44)28(41)16(36)10-48-33)6-20(49-12)50-18-8-32(45,19(37)9-35)7-14-22(18)30(43)24-23(27(14)40)26(39)13-4-3-5-17(47-2)21(13)29(24)42/h3-5,12,15-16,18,20,25,28,31,34-36,38,40-41,43-46H,6-11H2,1-2H3. The number of nitrogens with one attached hydrogen (secondary N) is 1. The van der Waals surface area contributed by atoms with E-state index in [1.54, 1.807) is 0 Å². The summed E-state index contributed by atoms with van der Waals surface area (Å²) in [4.78, 5) is 40.4. The number of ketones is 3. The monoisotopic (exact) mass is 705 g/mol. The summed E-state index contributed by atoms with van der Waals surface area (Å²) in [5.74, 6) is -6.56. The van der Waals surface area contributed by atoms with Gasteiger partial charge in [-0.15, -0.1) is 0 Å². The van der Waals surface area contributed by atoms with Gasteiger partial charge in [0.15, 0.2) is 17.9 Å². The summed E-state index contributed by atoms with van der Waals surface area (Å²) in [6.45, 7) is -0.626. The lowest BCUT2D eigenvalue weighted by Crippen LogP contribution is -2.66. The Bertz CT molecular complexity index is 1710. The number of phenolic OH excluding ortho intramolecular Hbond substituents is 2. The maximum Gasteiger partial charge on any atom is 0.207 e. The molecule has 0 radical (unpaired) electrons. The quantitative estimate of drug-likeness (QED) is 0.108. The second-order valence-corrected chi connectivity index (χ2v) is 13.1. The number of carbonyl (C=O) groups is 3. The highest BCUT2D eigenvalue weighted by atomic mass is 16.7. The lowest BCUT2D eigenvalue weighted by atomic mass is 9.72. The van der Waals surface area contributed by atoms with Crippen LogP contribution >= 0.6 is 0 Å². The highest BCUT2D eigenvalue weighted by Crippen LogP contribution is 2.52. The lowest BCUT2D eigenvalue weighted by molar-refractivity contribution is -0.319. The Hall–Kier alpha value is -3.59. The highest BCUT2D eigenvalue weighted by molar-refractivity contribution is 6.31. The van der Waals surface area contributed by atoms with Crippen molar-refractivity contribution in [3.05, 3.63) is 51.6 Å². The number of aliphatic hydroxyl groups excluding tert-OH is 5. The van der Waals surface area contributed by atoms with E-state index in [1.807, 2.05) is 0 Å². The third-order valence-corrected chi connectivity index (χ3v) is 10.1. The van der Waals surface area contributed by atoms with Crippen LogP contribution in [0.1, 0.15) is 68.8 Å². The first-order valence-electron chi connectivity index (χ1n) is 15.9. The molecule has 2 fully saturated rings. The number of hydrogen-bond donors (Lipinski definition) is 10. The summed E-state index contributed by atoms with van der Waals surface area (Å²) < 4.78 is 22.5. The Balaban J connectivity index is 1.35. The first-order valence-corrected chi connectivity index (χ1v) is 15.9. The number of ether oxygens (including phenoxy) is 4. The molecule has 6 rings (SSSR count). The molecule has 10 unspecified atom stereocenters. The first-order chi connectivity index (χ1) is 23.6. The maximum absolute atomic E-state index is 13.9. The third kappa shape index (κ3) is 5.77. The third-order valence-electron chi connectivity index (χ3n) is 10.1. The Labute approximate surface area is 284 Å². The van der Waals surface area contributed by atoms with E-state index in [-0.39, 0.29) is 34.4 Å². The van der Waals surface area contributed by atoms with E-state index in [4.69, 9.17) is 18.9 Å². The van der Waals surface area contributed by atoms with Crippen LogP contribution in [0.3, 0.4) is 0 Å². The second-order valence-electron chi connectivity index (χ2n) is 13.1. The smallest absolute Gasteiger partial charge is 0.207 e. The number of phenols is 2. The number of hydrogen-bond acceptors (Lipinski definition) is 17. The van der Waals surface area contributed by atoms with Gasteiger partial charge in [0.25, 0.3) is 0 Å². The number of benzene rings is 2. The molecule has 0 bridgehead atoms. The zero-order chi connectivity index (χ0) is 36.4. The average molecular weight is 706 g/mol. The van der Waals surface area contributed by atoms with Gasteiger partial charge in [0.05, 0.1) is 55.3 Å². The number of aromatic hydroxyl groups is 2. The maximum atomic E-state index is 13.9. The molecule has 0 saturated carbocycles. The first kappa shape index (κ1) is 36.2. The molecule has 17 nitrogen and oxygen atoms in total. The molecule has 0 aromatic heterocycles. The van der Waals surface area contributed by atoms with E-state index in [9.17, 15) is 60.3 Å². The predicted molar refractivity (Wildman–Crippen MR) is 164 cm³/mol. The van der Waals surface area contributed by atoms with Gasteiger partial charge in [-0.25, -0.2) is 0 Å². The summed E-state index contributed by atoms with van der Waals surface area (Å²) in [5, 5.41) is 99.1. The van der Waals surface area contributed by atoms with Crippen molar-refractivity contribution in [1.82, 2.24) is 5.32 Å². The summed E-state index contributed by atoms with van der Waals surface area (Å²) in [6, 6.07) is 3.32. The van der Waals surface area contributed by atoms with E-state index in [0.29, 0.717) is 0 Å². The molecule has 272 valence electrons. The molecule has 17 heteroatoms. The molecule has 2 heterocycles. The number of rotatable bonds is 8. The van der Waals surface area contributed by atoms with Crippen molar-refractivity contribution in [1.29, 1.82) is 0 Å². The molecule has 0 amide bonds. The average Bonchev–Trinajstić information content (AvgIpc) is 3.09. The molecule has 2 saturated heterocycles. The van der Waals surface area contributed by atoms with Crippen LogP contribution in [0, 0.1) is 0 Å². The molecular formula is C33H39NO16. The van der Waals surface area contributed by atoms with Gasteiger partial charge in [-0.3, -0.25) is 14.4 Å². The Morgan fingerprint density at radius 2 is 1.72 bits per heavy atom. The van der Waals surface area contributed by atoms with Crippen molar-refractivity contribution in [2.24, 2.45) is 0 Å². The SMILES string of the molecule is COc1cccc2c1C(=O)c1c(O)c3c(c(O)c1C2=O)CC(O)(C(=O)CO)CC3OC1CC(NCC2(O)OCC(O)C(O)C2O)C(O)C(C)O1.